The van der Waals surface area contributed by atoms with Crippen molar-refractivity contribution in [2.24, 2.45) is 17.9 Å². The van der Waals surface area contributed by atoms with Crippen molar-refractivity contribution in [3.8, 4) is 0 Å². The molecule has 1 amide bonds. The second-order valence-electron chi connectivity index (χ2n) is 5.71. The second kappa shape index (κ2) is 5.72. The normalized spacial score (nSPS) is 18.0. The molecule has 8 heteroatoms. The van der Waals surface area contributed by atoms with Crippen LogP contribution in [0.4, 0.5) is 0 Å². The molecule has 0 spiro atoms. The van der Waals surface area contributed by atoms with Crippen molar-refractivity contribution in [2.75, 3.05) is 26.2 Å². The molecule has 0 unspecified atom stereocenters. The lowest BCUT2D eigenvalue weighted by atomic mass is 10.00. The predicted molar refractivity (Wildman–Crippen MR) is 78.2 cm³/mol. The van der Waals surface area contributed by atoms with Crippen molar-refractivity contribution in [3.05, 3.63) is 18.2 Å². The van der Waals surface area contributed by atoms with E-state index in [1.165, 1.54) is 0 Å². The van der Waals surface area contributed by atoms with Gasteiger partial charge in [-0.15, -0.1) is 0 Å². The Balaban J connectivity index is 2.01. The molecule has 1 aliphatic rings. The Morgan fingerprint density at radius 3 is 2.48 bits per heavy atom. The highest BCUT2D eigenvalue weighted by Crippen LogP contribution is 2.18. The first-order valence-corrected chi connectivity index (χ1v) is 6.86. The summed E-state index contributed by atoms with van der Waals surface area (Å²) in [5.41, 5.74) is 5.79. The van der Waals surface area contributed by atoms with E-state index in [4.69, 9.17) is 10.9 Å². The van der Waals surface area contributed by atoms with Crippen LogP contribution in [0.25, 0.3) is 0 Å². The number of oxime groups is 1. The molecule has 116 valence electrons. The molecule has 2 rings (SSSR count). The Labute approximate surface area is 123 Å². The van der Waals surface area contributed by atoms with Gasteiger partial charge in [-0.3, -0.25) is 9.69 Å². The van der Waals surface area contributed by atoms with E-state index >= 15 is 0 Å². The molecule has 21 heavy (non-hydrogen) atoms. The van der Waals surface area contributed by atoms with Crippen molar-refractivity contribution < 1.29 is 10.0 Å². The van der Waals surface area contributed by atoms with Crippen LogP contribution in [0.3, 0.4) is 0 Å². The zero-order chi connectivity index (χ0) is 15.6. The van der Waals surface area contributed by atoms with Crippen LogP contribution in [0.5, 0.6) is 0 Å². The van der Waals surface area contributed by atoms with Crippen molar-refractivity contribution in [1.82, 2.24) is 19.4 Å². The molecule has 0 atom stereocenters. The van der Waals surface area contributed by atoms with Crippen LogP contribution in [-0.4, -0.2) is 68.0 Å². The van der Waals surface area contributed by atoms with Gasteiger partial charge in [0, 0.05) is 33.2 Å². The molecule has 0 radical (unpaired) electrons. The van der Waals surface area contributed by atoms with Gasteiger partial charge in [-0.25, -0.2) is 4.98 Å². The van der Waals surface area contributed by atoms with Gasteiger partial charge in [-0.2, -0.15) is 0 Å². The van der Waals surface area contributed by atoms with Crippen LogP contribution < -0.4 is 5.73 Å². The van der Waals surface area contributed by atoms with Crippen LogP contribution in [0.15, 0.2) is 17.7 Å². The van der Waals surface area contributed by atoms with Crippen LogP contribution in [0.2, 0.25) is 0 Å². The number of carbonyl (C=O) groups is 1. The van der Waals surface area contributed by atoms with Crippen molar-refractivity contribution in [3.63, 3.8) is 0 Å². The van der Waals surface area contributed by atoms with Gasteiger partial charge in [0.15, 0.2) is 5.84 Å². The fourth-order valence-electron chi connectivity index (χ4n) is 2.48. The molecule has 1 saturated heterocycles. The summed E-state index contributed by atoms with van der Waals surface area (Å²) in [5.74, 6) is 0.158. The molecule has 1 aromatic rings. The SMILES string of the molecule is Cn1cncc1C(=O)N1CCN(C(C)(C)/C(N)=N/O)CC1. The molecule has 0 aromatic carbocycles. The number of aryl methyl sites for hydroxylation is 1. The lowest BCUT2D eigenvalue weighted by Crippen LogP contribution is -2.60. The van der Waals surface area contributed by atoms with Crippen LogP contribution in [0, 0.1) is 0 Å². The summed E-state index contributed by atoms with van der Waals surface area (Å²) in [6.07, 6.45) is 3.19. The predicted octanol–water partition coefficient (Wildman–Crippen LogP) is -0.297. The summed E-state index contributed by atoms with van der Waals surface area (Å²) in [6, 6.07) is 0. The van der Waals surface area contributed by atoms with Gasteiger partial charge in [-0.05, 0) is 13.8 Å². The molecule has 1 fully saturated rings. The number of nitrogens with zero attached hydrogens (tertiary/aromatic N) is 5. The van der Waals surface area contributed by atoms with Gasteiger partial charge in [0.1, 0.15) is 5.69 Å². The second-order valence-corrected chi connectivity index (χ2v) is 5.71. The van der Waals surface area contributed by atoms with Crippen LogP contribution in [-0.2, 0) is 7.05 Å². The Hall–Kier alpha value is -2.09. The number of amides is 1. The molecule has 1 aromatic heterocycles. The fourth-order valence-corrected chi connectivity index (χ4v) is 2.48. The molecule has 3 N–H and O–H groups in total. The van der Waals surface area contributed by atoms with Crippen molar-refractivity contribution >= 4 is 11.7 Å². The highest BCUT2D eigenvalue weighted by atomic mass is 16.4. The van der Waals surface area contributed by atoms with Crippen LogP contribution >= 0.6 is 0 Å². The minimum atomic E-state index is -0.531. The lowest BCUT2D eigenvalue weighted by molar-refractivity contribution is 0.0523. The number of imidazole rings is 1. The van der Waals surface area contributed by atoms with E-state index in [-0.39, 0.29) is 11.7 Å². The Morgan fingerprint density at radius 1 is 1.38 bits per heavy atom. The molecule has 0 saturated carbocycles. The quantitative estimate of drug-likeness (QED) is 0.345. The van der Waals surface area contributed by atoms with E-state index in [1.807, 2.05) is 13.8 Å². The average Bonchev–Trinajstić information content (AvgIpc) is 2.91. The van der Waals surface area contributed by atoms with Crippen molar-refractivity contribution in [1.29, 1.82) is 0 Å². The summed E-state index contributed by atoms with van der Waals surface area (Å²) < 4.78 is 1.72. The first kappa shape index (κ1) is 15.3. The number of hydrogen-bond acceptors (Lipinski definition) is 5. The van der Waals surface area contributed by atoms with E-state index in [9.17, 15) is 4.79 Å². The summed E-state index contributed by atoms with van der Waals surface area (Å²) >= 11 is 0. The average molecular weight is 294 g/mol. The maximum absolute atomic E-state index is 12.4. The number of aromatic nitrogens is 2. The lowest BCUT2D eigenvalue weighted by Gasteiger charge is -2.43. The van der Waals surface area contributed by atoms with Crippen molar-refractivity contribution in [2.45, 2.75) is 19.4 Å². The third kappa shape index (κ3) is 2.85. The van der Waals surface area contributed by atoms with Gasteiger partial charge in [-0.1, -0.05) is 5.16 Å². The molecule has 0 aliphatic carbocycles. The number of piperazine rings is 1. The maximum Gasteiger partial charge on any atom is 0.272 e. The number of amidine groups is 1. The smallest absolute Gasteiger partial charge is 0.272 e. The van der Waals surface area contributed by atoms with E-state index in [0.717, 1.165) is 0 Å². The largest absolute Gasteiger partial charge is 0.409 e. The minimum Gasteiger partial charge on any atom is -0.409 e. The van der Waals surface area contributed by atoms with Gasteiger partial charge in [0.25, 0.3) is 5.91 Å². The highest BCUT2D eigenvalue weighted by molar-refractivity contribution is 5.92. The molecule has 8 nitrogen and oxygen atoms in total. The zero-order valence-corrected chi connectivity index (χ0v) is 12.7. The standard InChI is InChI=1S/C13H22N6O2/c1-13(2,12(14)16-21)19-6-4-18(5-7-19)11(20)10-8-15-9-17(10)3/h8-9,21H,4-7H2,1-3H3,(H2,14,16). The van der Waals surface area contributed by atoms with Crippen LogP contribution in [0.1, 0.15) is 24.3 Å². The molecule has 2 heterocycles. The number of hydrogen-bond donors (Lipinski definition) is 2. The third-order valence-corrected chi connectivity index (χ3v) is 4.13. The third-order valence-electron chi connectivity index (χ3n) is 4.13. The van der Waals surface area contributed by atoms with E-state index < -0.39 is 5.54 Å². The van der Waals surface area contributed by atoms with Gasteiger partial charge in [0.05, 0.1) is 18.1 Å². The summed E-state index contributed by atoms with van der Waals surface area (Å²) in [4.78, 5) is 20.3. The number of rotatable bonds is 3. The van der Waals surface area contributed by atoms with Gasteiger partial charge < -0.3 is 20.4 Å². The number of nitrogens with two attached hydrogens (primary N) is 1. The summed E-state index contributed by atoms with van der Waals surface area (Å²) in [6.45, 7) is 6.36. The van der Waals surface area contributed by atoms with Gasteiger partial charge in [0.2, 0.25) is 0 Å². The monoisotopic (exact) mass is 294 g/mol. The van der Waals surface area contributed by atoms with E-state index in [2.05, 4.69) is 15.0 Å². The fraction of sp³-hybridized carbons (Fsp3) is 0.615. The first-order valence-electron chi connectivity index (χ1n) is 6.86. The van der Waals surface area contributed by atoms with Gasteiger partial charge >= 0.3 is 0 Å². The molecule has 1 aliphatic heterocycles. The molecular weight excluding hydrogens is 272 g/mol. The Bertz CT molecular complexity index is 543. The molecule has 0 bridgehead atoms. The molecular formula is C13H22N6O2. The van der Waals surface area contributed by atoms with E-state index in [0.29, 0.717) is 31.9 Å². The summed E-state index contributed by atoms with van der Waals surface area (Å²) in [7, 11) is 1.80. The Kier molecular flexibility index (Phi) is 4.17. The Morgan fingerprint density at radius 2 is 2.00 bits per heavy atom. The zero-order valence-electron chi connectivity index (χ0n) is 12.7. The summed E-state index contributed by atoms with van der Waals surface area (Å²) in [5, 5.41) is 12.0. The number of carbonyl (C=O) groups excluding carboxylic acids is 1. The maximum atomic E-state index is 12.4. The van der Waals surface area contributed by atoms with E-state index in [1.54, 1.807) is 29.0 Å². The highest BCUT2D eigenvalue weighted by Gasteiger charge is 2.35. The topological polar surface area (TPSA) is 100.0 Å². The first-order chi connectivity index (χ1) is 9.87. The minimum absolute atomic E-state index is 0.0174.